The molecule has 2 aromatic rings. The molecule has 0 bridgehead atoms. The van der Waals surface area contributed by atoms with Gasteiger partial charge < -0.3 is 0 Å². The Morgan fingerprint density at radius 1 is 0.789 bits per heavy atom. The SMILES string of the molecule is C(=Cc1ccccc1C1=N[N]N=N1)c1ccccc1. The summed E-state index contributed by atoms with van der Waals surface area (Å²) >= 11 is 0. The normalized spacial score (nSPS) is 13.6. The molecule has 0 saturated carbocycles. The van der Waals surface area contributed by atoms with E-state index in [1.807, 2.05) is 48.5 Å². The predicted molar refractivity (Wildman–Crippen MR) is 75.3 cm³/mol. The van der Waals surface area contributed by atoms with Crippen LogP contribution >= 0.6 is 0 Å². The molecule has 1 radical (unpaired) electrons. The Hall–Kier alpha value is -2.75. The first kappa shape index (κ1) is 11.3. The second kappa shape index (κ2) is 5.27. The molecular formula is C15H11N4. The molecule has 91 valence electrons. The minimum atomic E-state index is 0.549. The van der Waals surface area contributed by atoms with E-state index in [-0.39, 0.29) is 0 Å². The largest absolute Gasteiger partial charge is 0.207 e. The summed E-state index contributed by atoms with van der Waals surface area (Å²) < 4.78 is 0. The lowest BCUT2D eigenvalue weighted by molar-refractivity contribution is 0.780. The van der Waals surface area contributed by atoms with Gasteiger partial charge in [-0.25, -0.2) is 0 Å². The highest BCUT2D eigenvalue weighted by Gasteiger charge is 2.10. The smallest absolute Gasteiger partial charge is 0.106 e. The van der Waals surface area contributed by atoms with Crippen molar-refractivity contribution in [2.75, 3.05) is 0 Å². The summed E-state index contributed by atoms with van der Waals surface area (Å²) in [5.74, 6) is 0.549. The molecule has 0 N–H and O–H groups in total. The lowest BCUT2D eigenvalue weighted by atomic mass is 10.1. The third kappa shape index (κ3) is 2.57. The van der Waals surface area contributed by atoms with Gasteiger partial charge in [0.25, 0.3) is 0 Å². The molecule has 2 aromatic carbocycles. The molecule has 3 rings (SSSR count). The molecule has 1 heterocycles. The third-order valence-corrected chi connectivity index (χ3v) is 2.78. The molecule has 0 aliphatic carbocycles. The van der Waals surface area contributed by atoms with Gasteiger partial charge in [-0.05, 0) is 21.9 Å². The van der Waals surface area contributed by atoms with E-state index in [0.717, 1.165) is 16.7 Å². The lowest BCUT2D eigenvalue weighted by Gasteiger charge is -2.01. The van der Waals surface area contributed by atoms with Crippen LogP contribution in [0.1, 0.15) is 16.7 Å². The van der Waals surface area contributed by atoms with Crippen LogP contribution in [0, 0.1) is 0 Å². The van der Waals surface area contributed by atoms with E-state index in [1.165, 1.54) is 0 Å². The van der Waals surface area contributed by atoms with Crippen LogP contribution < -0.4 is 5.53 Å². The average molecular weight is 247 g/mol. The van der Waals surface area contributed by atoms with Gasteiger partial charge in [0.2, 0.25) is 5.84 Å². The zero-order valence-corrected chi connectivity index (χ0v) is 10.1. The van der Waals surface area contributed by atoms with Crippen molar-refractivity contribution >= 4 is 18.0 Å². The first-order valence-corrected chi connectivity index (χ1v) is 5.95. The number of rotatable bonds is 3. The van der Waals surface area contributed by atoms with E-state index in [1.54, 1.807) is 0 Å². The van der Waals surface area contributed by atoms with Crippen LogP contribution in [0.5, 0.6) is 0 Å². The maximum atomic E-state index is 3.90. The van der Waals surface area contributed by atoms with Gasteiger partial charge >= 0.3 is 0 Å². The summed E-state index contributed by atoms with van der Waals surface area (Å²) in [5.41, 5.74) is 6.65. The van der Waals surface area contributed by atoms with E-state index in [2.05, 4.69) is 39.2 Å². The zero-order chi connectivity index (χ0) is 12.9. The highest BCUT2D eigenvalue weighted by atomic mass is 15.6. The van der Waals surface area contributed by atoms with Gasteiger partial charge in [-0.15, -0.1) is 10.2 Å². The van der Waals surface area contributed by atoms with Crippen LogP contribution in [0.4, 0.5) is 0 Å². The van der Waals surface area contributed by atoms with Crippen molar-refractivity contribution < 1.29 is 0 Å². The molecule has 0 saturated heterocycles. The first-order chi connectivity index (χ1) is 9.43. The second-order valence-corrected chi connectivity index (χ2v) is 4.03. The van der Waals surface area contributed by atoms with Crippen LogP contribution in [0.25, 0.3) is 12.2 Å². The van der Waals surface area contributed by atoms with Gasteiger partial charge in [-0.1, -0.05) is 66.7 Å². The van der Waals surface area contributed by atoms with E-state index < -0.39 is 0 Å². The van der Waals surface area contributed by atoms with E-state index in [0.29, 0.717) is 5.84 Å². The summed E-state index contributed by atoms with van der Waals surface area (Å²) in [7, 11) is 0. The van der Waals surface area contributed by atoms with Crippen molar-refractivity contribution in [1.29, 1.82) is 0 Å². The van der Waals surface area contributed by atoms with Crippen LogP contribution in [0.2, 0.25) is 0 Å². The second-order valence-electron chi connectivity index (χ2n) is 4.03. The Balaban J connectivity index is 1.93. The lowest BCUT2D eigenvalue weighted by Crippen LogP contribution is -1.97. The molecule has 0 amide bonds. The monoisotopic (exact) mass is 247 g/mol. The Kier molecular flexibility index (Phi) is 3.14. The van der Waals surface area contributed by atoms with Crippen molar-refractivity contribution in [2.45, 2.75) is 0 Å². The number of nitrogens with zero attached hydrogens (tertiary/aromatic N) is 4. The summed E-state index contributed by atoms with van der Waals surface area (Å²) in [6.45, 7) is 0. The van der Waals surface area contributed by atoms with Crippen molar-refractivity contribution in [2.24, 2.45) is 15.4 Å². The van der Waals surface area contributed by atoms with E-state index in [4.69, 9.17) is 0 Å². The molecule has 1 aliphatic rings. The molecule has 1 aliphatic heterocycles. The molecule has 0 unspecified atom stereocenters. The Bertz CT molecular complexity index is 657. The fourth-order valence-electron chi connectivity index (χ4n) is 1.85. The molecule has 0 aromatic heterocycles. The third-order valence-electron chi connectivity index (χ3n) is 2.78. The topological polar surface area (TPSA) is 51.2 Å². The standard InChI is InChI=1S/C15H11N4/c1-2-6-12(7-3-1)10-11-13-8-4-5-9-14(13)15-16-18-19-17-15/h1-11H. The minimum Gasteiger partial charge on any atom is -0.106 e. The maximum Gasteiger partial charge on any atom is 0.207 e. The molecule has 0 fully saturated rings. The predicted octanol–water partition coefficient (Wildman–Crippen LogP) is 3.50. The van der Waals surface area contributed by atoms with Crippen LogP contribution in [0.15, 0.2) is 70.0 Å². The molecule has 19 heavy (non-hydrogen) atoms. The van der Waals surface area contributed by atoms with Gasteiger partial charge in [0.1, 0.15) is 0 Å². The summed E-state index contributed by atoms with van der Waals surface area (Å²) in [5, 5.41) is 11.3. The average Bonchev–Trinajstić information content (AvgIpc) is 3.01. The molecule has 0 spiro atoms. The van der Waals surface area contributed by atoms with Crippen molar-refractivity contribution in [3.8, 4) is 0 Å². The van der Waals surface area contributed by atoms with Gasteiger partial charge in [0.05, 0.1) is 0 Å². The van der Waals surface area contributed by atoms with Gasteiger partial charge in [-0.3, -0.25) is 0 Å². The van der Waals surface area contributed by atoms with Crippen LogP contribution in [0.3, 0.4) is 0 Å². The minimum absolute atomic E-state index is 0.549. The number of benzene rings is 2. The fourth-order valence-corrected chi connectivity index (χ4v) is 1.85. The quantitative estimate of drug-likeness (QED) is 0.745. The summed E-state index contributed by atoms with van der Waals surface area (Å²) in [6.07, 6.45) is 4.10. The molecule has 4 heteroatoms. The molecule has 0 atom stereocenters. The summed E-state index contributed by atoms with van der Waals surface area (Å²) in [6, 6.07) is 18.1. The number of hydrogen-bond donors (Lipinski definition) is 0. The number of amidine groups is 1. The fraction of sp³-hybridized carbons (Fsp3) is 0. The van der Waals surface area contributed by atoms with E-state index >= 15 is 0 Å². The van der Waals surface area contributed by atoms with Crippen molar-refractivity contribution in [3.63, 3.8) is 0 Å². The Labute approximate surface area is 111 Å². The molecule has 4 nitrogen and oxygen atoms in total. The van der Waals surface area contributed by atoms with Gasteiger partial charge in [0.15, 0.2) is 0 Å². The molecular weight excluding hydrogens is 236 g/mol. The first-order valence-electron chi connectivity index (χ1n) is 5.95. The Morgan fingerprint density at radius 3 is 2.37 bits per heavy atom. The van der Waals surface area contributed by atoms with Crippen LogP contribution in [-0.4, -0.2) is 5.84 Å². The van der Waals surface area contributed by atoms with Crippen LogP contribution in [-0.2, 0) is 0 Å². The highest BCUT2D eigenvalue weighted by Crippen LogP contribution is 2.16. The van der Waals surface area contributed by atoms with Crippen molar-refractivity contribution in [3.05, 3.63) is 71.3 Å². The zero-order valence-electron chi connectivity index (χ0n) is 10.1. The highest BCUT2D eigenvalue weighted by molar-refractivity contribution is 6.03. The van der Waals surface area contributed by atoms with E-state index in [9.17, 15) is 0 Å². The van der Waals surface area contributed by atoms with Gasteiger partial charge in [-0.2, -0.15) is 0 Å². The summed E-state index contributed by atoms with van der Waals surface area (Å²) in [4.78, 5) is 0. The number of hydrogen-bond acceptors (Lipinski definition) is 3. The Morgan fingerprint density at radius 2 is 1.58 bits per heavy atom. The van der Waals surface area contributed by atoms with Crippen molar-refractivity contribution in [1.82, 2.24) is 5.53 Å². The van der Waals surface area contributed by atoms with Gasteiger partial charge in [0, 0.05) is 5.56 Å². The maximum absolute atomic E-state index is 3.90.